The molecule has 1 heteroatoms. The van der Waals surface area contributed by atoms with E-state index in [1.165, 1.54) is 0 Å². The molecule has 0 unspecified atom stereocenters. The van der Waals surface area contributed by atoms with Gasteiger partial charge in [0.15, 0.2) is 0 Å². The first kappa shape index (κ1) is 6.06. The van der Waals surface area contributed by atoms with Crippen molar-refractivity contribution in [2.24, 2.45) is 0 Å². The Labute approximate surface area is 49.8 Å². The molecule has 6 heavy (non-hydrogen) atoms. The molecule has 0 aromatic carbocycles. The van der Waals surface area contributed by atoms with Crippen molar-refractivity contribution >= 4 is 0 Å². The Kier molecular flexibility index (Phi) is 3.30. The molecule has 0 heterocycles. The van der Waals surface area contributed by atoms with E-state index in [0.717, 1.165) is 6.42 Å². The molecule has 0 aromatic heterocycles. The average Bonchev–Trinajstić information content (AvgIpc) is 1.76. The van der Waals surface area contributed by atoms with Gasteiger partial charge in [-0.2, -0.15) is 6.08 Å². The van der Waals surface area contributed by atoms with Crippen LogP contribution in [0.2, 0.25) is 0 Å². The van der Waals surface area contributed by atoms with Crippen molar-refractivity contribution in [1.82, 2.24) is 0 Å². The Balaban J connectivity index is 0.000000250. The van der Waals surface area contributed by atoms with E-state index in [-0.39, 0.29) is 18.6 Å². The van der Waals surface area contributed by atoms with E-state index in [1.807, 2.05) is 12.2 Å². The maximum Gasteiger partial charge on any atom is 2.00 e. The second kappa shape index (κ2) is 3.26. The van der Waals surface area contributed by atoms with Gasteiger partial charge in [0.05, 0.1) is 0 Å². The Morgan fingerprint density at radius 2 is 2.33 bits per heavy atom. The van der Waals surface area contributed by atoms with Gasteiger partial charge in [0, 0.05) is 0 Å². The fourth-order valence-electron chi connectivity index (χ4n) is 0.340. The molecule has 1 aliphatic rings. The molecule has 0 saturated carbocycles. The molecular formula is C5H5V+. The van der Waals surface area contributed by atoms with E-state index in [1.54, 1.807) is 0 Å². The molecule has 0 fully saturated rings. The molecule has 0 aliphatic heterocycles. The van der Waals surface area contributed by atoms with Crippen molar-refractivity contribution < 1.29 is 18.6 Å². The minimum absolute atomic E-state index is 0. The van der Waals surface area contributed by atoms with Crippen LogP contribution in [0, 0.1) is 6.08 Å². The third-order valence-corrected chi connectivity index (χ3v) is 0.586. The van der Waals surface area contributed by atoms with Gasteiger partial charge < -0.3 is 0 Å². The Morgan fingerprint density at radius 3 is 2.50 bits per heavy atom. The summed E-state index contributed by atoms with van der Waals surface area (Å²) < 4.78 is 0. The summed E-state index contributed by atoms with van der Waals surface area (Å²) in [5.41, 5.74) is 0. The topological polar surface area (TPSA) is 0 Å². The average molecular weight is 116 g/mol. The molecule has 1 radical (unpaired) electrons. The van der Waals surface area contributed by atoms with Gasteiger partial charge in [-0.15, -0.1) is 6.42 Å². The van der Waals surface area contributed by atoms with Crippen molar-refractivity contribution in [3.63, 3.8) is 0 Å². The predicted molar refractivity (Wildman–Crippen MR) is 21.6 cm³/mol. The van der Waals surface area contributed by atoms with Crippen LogP contribution in [0.15, 0.2) is 18.2 Å². The quantitative estimate of drug-likeness (QED) is 0.418. The van der Waals surface area contributed by atoms with Crippen molar-refractivity contribution in [3.8, 4) is 0 Å². The summed E-state index contributed by atoms with van der Waals surface area (Å²) in [6, 6.07) is 0. The van der Waals surface area contributed by atoms with Gasteiger partial charge in [-0.1, -0.05) is 0 Å². The van der Waals surface area contributed by atoms with Crippen LogP contribution in [0.5, 0.6) is 0 Å². The summed E-state index contributed by atoms with van der Waals surface area (Å²) in [5.74, 6) is 0. The number of hydrogen-bond donors (Lipinski definition) is 0. The monoisotopic (exact) mass is 116 g/mol. The maximum atomic E-state index is 2.99. The van der Waals surface area contributed by atoms with Crippen LogP contribution in [-0.4, -0.2) is 0 Å². The summed E-state index contributed by atoms with van der Waals surface area (Å²) >= 11 is 0. The molecule has 0 bridgehead atoms. The van der Waals surface area contributed by atoms with Crippen molar-refractivity contribution in [3.05, 3.63) is 24.3 Å². The zero-order chi connectivity index (χ0) is 3.54. The van der Waals surface area contributed by atoms with Gasteiger partial charge in [0.1, 0.15) is 0 Å². The summed E-state index contributed by atoms with van der Waals surface area (Å²) in [5, 5.41) is 0. The van der Waals surface area contributed by atoms with Crippen molar-refractivity contribution in [2.45, 2.75) is 6.42 Å². The van der Waals surface area contributed by atoms with E-state index >= 15 is 0 Å². The molecular weight excluding hydrogens is 111 g/mol. The van der Waals surface area contributed by atoms with Crippen LogP contribution in [0.3, 0.4) is 0 Å². The van der Waals surface area contributed by atoms with Crippen LogP contribution in [0.4, 0.5) is 0 Å². The van der Waals surface area contributed by atoms with E-state index in [0.29, 0.717) is 0 Å². The number of hydrogen-bond acceptors (Lipinski definition) is 0. The molecule has 29 valence electrons. The van der Waals surface area contributed by atoms with E-state index < -0.39 is 0 Å². The van der Waals surface area contributed by atoms with Crippen LogP contribution in [-0.2, 0) is 18.6 Å². The summed E-state index contributed by atoms with van der Waals surface area (Å²) in [7, 11) is 0. The maximum absolute atomic E-state index is 2.99. The second-order valence-corrected chi connectivity index (χ2v) is 1.00. The third kappa shape index (κ3) is 1.49. The van der Waals surface area contributed by atoms with Gasteiger partial charge in [-0.25, -0.2) is 12.2 Å². The molecule has 1 rings (SSSR count). The summed E-state index contributed by atoms with van der Waals surface area (Å²) in [6.07, 6.45) is 10.0. The van der Waals surface area contributed by atoms with Crippen LogP contribution in [0.25, 0.3) is 0 Å². The van der Waals surface area contributed by atoms with Gasteiger partial charge in [-0.3, -0.25) is 6.08 Å². The zero-order valence-electron chi connectivity index (χ0n) is 3.39. The van der Waals surface area contributed by atoms with Gasteiger partial charge in [0.25, 0.3) is 0 Å². The molecule has 0 aromatic rings. The molecule has 0 nitrogen and oxygen atoms in total. The van der Waals surface area contributed by atoms with Gasteiger partial charge in [0.2, 0.25) is 0 Å². The summed E-state index contributed by atoms with van der Waals surface area (Å²) in [6.45, 7) is 0. The first-order chi connectivity index (χ1) is 2.50. The normalized spacial score (nSPS) is 14.7. The molecule has 0 atom stereocenters. The van der Waals surface area contributed by atoms with Crippen molar-refractivity contribution in [1.29, 1.82) is 0 Å². The standard InChI is InChI=1S/C5H5.V/c1-2-4-5-3-1;/h1-3H,4H2;/q-1;+2. The van der Waals surface area contributed by atoms with Crippen LogP contribution >= 0.6 is 0 Å². The number of rotatable bonds is 0. The first-order valence-electron chi connectivity index (χ1n) is 1.72. The fourth-order valence-corrected chi connectivity index (χ4v) is 0.340. The van der Waals surface area contributed by atoms with Crippen molar-refractivity contribution in [2.75, 3.05) is 0 Å². The minimum Gasteiger partial charge on any atom is -0.273 e. The first-order valence-corrected chi connectivity index (χ1v) is 1.72. The van der Waals surface area contributed by atoms with Gasteiger partial charge in [-0.05, 0) is 0 Å². The molecule has 0 amide bonds. The largest absolute Gasteiger partial charge is 2.00 e. The predicted octanol–water partition coefficient (Wildman–Crippen LogP) is 1.30. The molecule has 1 aliphatic carbocycles. The van der Waals surface area contributed by atoms with Crippen LogP contribution < -0.4 is 0 Å². The third-order valence-electron chi connectivity index (χ3n) is 0.586. The fraction of sp³-hybridized carbons (Fsp3) is 0.200. The smallest absolute Gasteiger partial charge is 0.273 e. The zero-order valence-corrected chi connectivity index (χ0v) is 4.78. The minimum atomic E-state index is 0. The Bertz CT molecular complexity index is 62.0. The Hall–Kier alpha value is 0.0644. The molecule has 0 N–H and O–H groups in total. The number of allylic oxidation sites excluding steroid dienone is 4. The van der Waals surface area contributed by atoms with E-state index in [9.17, 15) is 0 Å². The van der Waals surface area contributed by atoms with Crippen LogP contribution in [0.1, 0.15) is 6.42 Å². The second-order valence-electron chi connectivity index (χ2n) is 1.00. The molecule has 0 saturated heterocycles. The summed E-state index contributed by atoms with van der Waals surface area (Å²) in [4.78, 5) is 0. The Morgan fingerprint density at radius 1 is 1.50 bits per heavy atom. The van der Waals surface area contributed by atoms with E-state index in [4.69, 9.17) is 0 Å². The van der Waals surface area contributed by atoms with E-state index in [2.05, 4.69) is 12.2 Å². The van der Waals surface area contributed by atoms with Gasteiger partial charge >= 0.3 is 18.6 Å². The SMILES string of the molecule is [C-]1=CC=CC1.[V+2]. The molecule has 0 spiro atoms.